The fourth-order valence-corrected chi connectivity index (χ4v) is 5.80. The largest absolute Gasteiger partial charge is 0.380 e. The van der Waals surface area contributed by atoms with Crippen molar-refractivity contribution in [3.8, 4) is 11.1 Å². The van der Waals surface area contributed by atoms with Crippen LogP contribution in [-0.2, 0) is 9.59 Å². The van der Waals surface area contributed by atoms with Crippen molar-refractivity contribution in [3.63, 3.8) is 0 Å². The lowest BCUT2D eigenvalue weighted by Crippen LogP contribution is -2.42. The molecule has 0 radical (unpaired) electrons. The van der Waals surface area contributed by atoms with Crippen LogP contribution in [0.2, 0.25) is 0 Å². The second kappa shape index (κ2) is 8.17. The van der Waals surface area contributed by atoms with Crippen molar-refractivity contribution in [2.45, 2.75) is 43.2 Å². The fourth-order valence-electron chi connectivity index (χ4n) is 5.80. The van der Waals surface area contributed by atoms with E-state index in [9.17, 15) is 19.1 Å². The Balaban J connectivity index is 1.14. The summed E-state index contributed by atoms with van der Waals surface area (Å²) in [7, 11) is 0. The van der Waals surface area contributed by atoms with E-state index in [0.717, 1.165) is 22.8 Å². The lowest BCUT2D eigenvalue weighted by molar-refractivity contribution is -0.141. The van der Waals surface area contributed by atoms with Gasteiger partial charge in [0.25, 0.3) is 11.8 Å². The number of aliphatic imine (C=N–C) groups is 1. The van der Waals surface area contributed by atoms with Crippen LogP contribution in [0.4, 0.5) is 8.78 Å². The van der Waals surface area contributed by atoms with E-state index in [1.807, 2.05) is 24.3 Å². The van der Waals surface area contributed by atoms with E-state index < -0.39 is 17.0 Å². The number of likely N-dealkylation sites (tertiary alicyclic amines) is 1. The van der Waals surface area contributed by atoms with Crippen LogP contribution in [0.5, 0.6) is 0 Å². The van der Waals surface area contributed by atoms with Gasteiger partial charge >= 0.3 is 0 Å². The molecule has 7 rings (SSSR count). The zero-order valence-corrected chi connectivity index (χ0v) is 20.8. The highest BCUT2D eigenvalue weighted by Crippen LogP contribution is 2.47. The van der Waals surface area contributed by atoms with Crippen molar-refractivity contribution in [1.29, 1.82) is 0 Å². The molecule has 2 amide bonds. The molecule has 2 saturated carbocycles. The number of amidine groups is 1. The lowest BCUT2D eigenvalue weighted by atomic mass is 9.99. The summed E-state index contributed by atoms with van der Waals surface area (Å²) in [4.78, 5) is 33.9. The van der Waals surface area contributed by atoms with Gasteiger partial charge in [-0.15, -0.1) is 0 Å². The van der Waals surface area contributed by atoms with Crippen LogP contribution in [0.25, 0.3) is 21.9 Å². The zero-order valence-electron chi connectivity index (χ0n) is 20.8. The molecule has 6 nitrogen and oxygen atoms in total. The van der Waals surface area contributed by atoms with E-state index in [4.69, 9.17) is 4.99 Å². The molecule has 0 bridgehead atoms. The third kappa shape index (κ3) is 3.81. The van der Waals surface area contributed by atoms with Crippen LogP contribution in [0.1, 0.15) is 37.7 Å². The van der Waals surface area contributed by atoms with E-state index >= 15 is 4.39 Å². The molecule has 4 aliphatic rings. The highest BCUT2D eigenvalue weighted by atomic mass is 19.1. The quantitative estimate of drug-likeness (QED) is 0.551. The standard InChI is InChI=1S/C30H27F2N3O3/c31-23-5-3-20-13-19(1-2-21(20)14-23)22-4-6-24(25(32)15-22)26-33-29(8-9-29)27(36)35(26)17-18-7-12-34(16-18)28(37)30(38)10-11-30/h1-6,13-15,18,38H,7-12,16-17H2/t18-/m1/s1. The minimum atomic E-state index is -1.20. The van der Waals surface area contributed by atoms with E-state index in [1.54, 1.807) is 21.9 Å². The molecule has 1 N–H and O–H groups in total. The topological polar surface area (TPSA) is 73.2 Å². The molecule has 0 aromatic heterocycles. The first kappa shape index (κ1) is 23.5. The SMILES string of the molecule is O=C(N1CC[C@@H](CN2C(=O)C3(CC3)N=C2c2ccc(-c3ccc4cc(F)ccc4c3)cc2F)C1)C1(O)CC1. The number of amides is 2. The van der Waals surface area contributed by atoms with Crippen molar-refractivity contribution >= 4 is 28.4 Å². The Hall–Kier alpha value is -3.65. The Kier molecular flexibility index (Phi) is 5.05. The van der Waals surface area contributed by atoms with Crippen molar-refractivity contribution in [3.05, 3.63) is 71.8 Å². The second-order valence-electron chi connectivity index (χ2n) is 11.2. The van der Waals surface area contributed by atoms with E-state index in [2.05, 4.69) is 0 Å². The molecule has 38 heavy (non-hydrogen) atoms. The van der Waals surface area contributed by atoms with Crippen LogP contribution in [0.3, 0.4) is 0 Å². The summed E-state index contributed by atoms with van der Waals surface area (Å²) in [6, 6.07) is 15.1. The minimum absolute atomic E-state index is 0.0362. The highest BCUT2D eigenvalue weighted by Gasteiger charge is 2.58. The maximum absolute atomic E-state index is 15.6. The average Bonchev–Trinajstić information content (AvgIpc) is 3.79. The van der Waals surface area contributed by atoms with Crippen LogP contribution < -0.4 is 0 Å². The molecule has 1 atom stereocenters. The van der Waals surface area contributed by atoms with Gasteiger partial charge in [-0.05, 0) is 90.3 Å². The summed E-state index contributed by atoms with van der Waals surface area (Å²) in [6.45, 7) is 1.38. The summed E-state index contributed by atoms with van der Waals surface area (Å²) in [5.41, 5.74) is -0.201. The number of hydrogen-bond acceptors (Lipinski definition) is 4. The van der Waals surface area contributed by atoms with Crippen LogP contribution in [0.15, 0.2) is 59.6 Å². The number of carbonyl (C=O) groups is 2. The van der Waals surface area contributed by atoms with Gasteiger partial charge in [-0.2, -0.15) is 0 Å². The second-order valence-corrected chi connectivity index (χ2v) is 11.2. The van der Waals surface area contributed by atoms with Crippen molar-refractivity contribution in [2.24, 2.45) is 10.9 Å². The first-order valence-corrected chi connectivity index (χ1v) is 13.2. The van der Waals surface area contributed by atoms with Crippen molar-refractivity contribution in [1.82, 2.24) is 9.80 Å². The van der Waals surface area contributed by atoms with Crippen molar-refractivity contribution in [2.75, 3.05) is 19.6 Å². The lowest BCUT2D eigenvalue weighted by Gasteiger charge is -2.24. The number of aliphatic hydroxyl groups is 1. The number of nitrogens with zero attached hydrogens (tertiary/aromatic N) is 3. The van der Waals surface area contributed by atoms with Gasteiger partial charge in [0, 0.05) is 19.6 Å². The highest BCUT2D eigenvalue weighted by molar-refractivity contribution is 6.16. The molecule has 1 spiro atoms. The maximum Gasteiger partial charge on any atom is 0.256 e. The summed E-state index contributed by atoms with van der Waals surface area (Å²) >= 11 is 0. The predicted molar refractivity (Wildman–Crippen MR) is 138 cm³/mol. The van der Waals surface area contributed by atoms with E-state index in [-0.39, 0.29) is 29.1 Å². The van der Waals surface area contributed by atoms with Gasteiger partial charge in [-0.25, -0.2) is 8.78 Å². The monoisotopic (exact) mass is 515 g/mol. The molecule has 2 heterocycles. The molecule has 0 unspecified atom stereocenters. The number of carbonyl (C=O) groups excluding carboxylic acids is 2. The Morgan fingerprint density at radius 2 is 1.68 bits per heavy atom. The summed E-state index contributed by atoms with van der Waals surface area (Å²) in [5, 5.41) is 11.8. The fraction of sp³-hybridized carbons (Fsp3) is 0.367. The molecule has 8 heteroatoms. The third-order valence-electron chi connectivity index (χ3n) is 8.42. The molecule has 2 aliphatic heterocycles. The van der Waals surface area contributed by atoms with Crippen LogP contribution in [-0.4, -0.2) is 63.3 Å². The molecular weight excluding hydrogens is 488 g/mol. The zero-order chi connectivity index (χ0) is 26.2. The van der Waals surface area contributed by atoms with Gasteiger partial charge in [0.1, 0.15) is 28.6 Å². The van der Waals surface area contributed by atoms with Gasteiger partial charge in [-0.3, -0.25) is 19.5 Å². The molecule has 2 aliphatic carbocycles. The molecule has 3 fully saturated rings. The van der Waals surface area contributed by atoms with Gasteiger partial charge in [0.05, 0.1) is 5.56 Å². The van der Waals surface area contributed by atoms with Gasteiger partial charge < -0.3 is 10.0 Å². The number of fused-ring (bicyclic) bond motifs is 1. The molecule has 3 aromatic rings. The Morgan fingerprint density at radius 3 is 2.42 bits per heavy atom. The van der Waals surface area contributed by atoms with Crippen LogP contribution >= 0.6 is 0 Å². The minimum Gasteiger partial charge on any atom is -0.380 e. The summed E-state index contributed by atoms with van der Waals surface area (Å²) in [5.74, 6) is -0.688. The molecule has 3 aromatic carbocycles. The normalized spacial score (nSPS) is 22.9. The number of benzene rings is 3. The summed E-state index contributed by atoms with van der Waals surface area (Å²) in [6.07, 6.45) is 3.05. The van der Waals surface area contributed by atoms with Crippen LogP contribution in [0, 0.1) is 17.6 Å². The molecule has 1 saturated heterocycles. The number of hydrogen-bond donors (Lipinski definition) is 1. The maximum atomic E-state index is 15.6. The van der Waals surface area contributed by atoms with Crippen molar-refractivity contribution < 1.29 is 23.5 Å². The van der Waals surface area contributed by atoms with Gasteiger partial charge in [-0.1, -0.05) is 24.3 Å². The first-order valence-electron chi connectivity index (χ1n) is 13.2. The van der Waals surface area contributed by atoms with E-state index in [0.29, 0.717) is 56.7 Å². The smallest absolute Gasteiger partial charge is 0.256 e. The summed E-state index contributed by atoms with van der Waals surface area (Å²) < 4.78 is 29.1. The molecule has 194 valence electrons. The predicted octanol–water partition coefficient (Wildman–Crippen LogP) is 4.28. The van der Waals surface area contributed by atoms with Gasteiger partial charge in [0.15, 0.2) is 0 Å². The molecular formula is C30H27F2N3O3. The first-order chi connectivity index (χ1) is 18.2. The Bertz CT molecular complexity index is 1540. The Labute approximate surface area is 218 Å². The van der Waals surface area contributed by atoms with Gasteiger partial charge in [0.2, 0.25) is 0 Å². The average molecular weight is 516 g/mol. The number of halogens is 2. The Morgan fingerprint density at radius 1 is 0.974 bits per heavy atom. The van der Waals surface area contributed by atoms with E-state index in [1.165, 1.54) is 18.2 Å². The third-order valence-corrected chi connectivity index (χ3v) is 8.42. The number of rotatable bonds is 5.